The van der Waals surface area contributed by atoms with Crippen molar-refractivity contribution in [2.75, 3.05) is 17.3 Å². The van der Waals surface area contributed by atoms with E-state index in [0.29, 0.717) is 22.6 Å². The van der Waals surface area contributed by atoms with E-state index < -0.39 is 29.8 Å². The van der Waals surface area contributed by atoms with E-state index in [-0.39, 0.29) is 11.3 Å². The normalized spacial score (nSPS) is 13.3. The molecule has 34 heavy (non-hydrogen) atoms. The Balaban J connectivity index is 1.48. The fourth-order valence-corrected chi connectivity index (χ4v) is 3.63. The minimum Gasteiger partial charge on any atom is -0.495 e. The van der Waals surface area contributed by atoms with Gasteiger partial charge in [-0.3, -0.25) is 14.4 Å². The second-order valence-corrected chi connectivity index (χ2v) is 7.78. The number of aryl methyl sites for hydroxylation is 1. The molecule has 1 N–H and O–H groups in total. The van der Waals surface area contributed by atoms with Crippen LogP contribution in [-0.2, 0) is 9.53 Å². The van der Waals surface area contributed by atoms with Crippen LogP contribution in [0.2, 0.25) is 0 Å². The zero-order valence-electron chi connectivity index (χ0n) is 18.8. The number of nitrogens with zero attached hydrogens (tertiary/aromatic N) is 1. The number of rotatable bonds is 6. The van der Waals surface area contributed by atoms with Gasteiger partial charge < -0.3 is 14.8 Å². The van der Waals surface area contributed by atoms with E-state index in [9.17, 15) is 19.2 Å². The standard InChI is InChI=1S/C26H22N2O6/c1-15-11-12-22(33-3)21(13-15)27-23(29)16(2)34-26(32)17-7-6-8-18(14-17)28-24(30)19-9-4-5-10-20(19)25(28)31/h4-14,16H,1-3H3,(H,27,29). The molecule has 0 spiro atoms. The summed E-state index contributed by atoms with van der Waals surface area (Å²) in [5.41, 5.74) is 2.33. The average Bonchev–Trinajstić information content (AvgIpc) is 3.09. The molecule has 172 valence electrons. The van der Waals surface area contributed by atoms with E-state index in [2.05, 4.69) is 5.32 Å². The van der Waals surface area contributed by atoms with Crippen LogP contribution in [0.15, 0.2) is 66.7 Å². The third kappa shape index (κ3) is 4.25. The second-order valence-electron chi connectivity index (χ2n) is 7.78. The van der Waals surface area contributed by atoms with Crippen LogP contribution in [0, 0.1) is 6.92 Å². The van der Waals surface area contributed by atoms with E-state index >= 15 is 0 Å². The molecule has 4 rings (SSSR count). The van der Waals surface area contributed by atoms with E-state index in [4.69, 9.17) is 9.47 Å². The maximum Gasteiger partial charge on any atom is 0.338 e. The summed E-state index contributed by atoms with van der Waals surface area (Å²) in [6.07, 6.45) is -1.11. The highest BCUT2D eigenvalue weighted by Crippen LogP contribution is 2.29. The van der Waals surface area contributed by atoms with Crippen LogP contribution < -0.4 is 15.0 Å². The number of imide groups is 1. The van der Waals surface area contributed by atoms with Crippen molar-refractivity contribution in [2.45, 2.75) is 20.0 Å². The molecule has 1 unspecified atom stereocenters. The first-order valence-electron chi connectivity index (χ1n) is 10.5. The van der Waals surface area contributed by atoms with Gasteiger partial charge in [0.15, 0.2) is 6.10 Å². The fourth-order valence-electron chi connectivity index (χ4n) is 3.63. The lowest BCUT2D eigenvalue weighted by Gasteiger charge is -2.17. The molecule has 0 saturated carbocycles. The SMILES string of the molecule is COc1ccc(C)cc1NC(=O)C(C)OC(=O)c1cccc(N2C(=O)c3ccccc3C2=O)c1. The number of ether oxygens (including phenoxy) is 2. The van der Waals surface area contributed by atoms with Gasteiger partial charge in [0, 0.05) is 0 Å². The number of amides is 3. The zero-order valence-corrected chi connectivity index (χ0v) is 18.8. The Labute approximate surface area is 196 Å². The van der Waals surface area contributed by atoms with Gasteiger partial charge in [-0.1, -0.05) is 24.3 Å². The molecular weight excluding hydrogens is 436 g/mol. The van der Waals surface area contributed by atoms with Crippen molar-refractivity contribution >= 4 is 35.1 Å². The fraction of sp³-hybridized carbons (Fsp3) is 0.154. The number of esters is 1. The third-order valence-electron chi connectivity index (χ3n) is 5.40. The Hall–Kier alpha value is -4.46. The van der Waals surface area contributed by atoms with Gasteiger partial charge in [-0.15, -0.1) is 0 Å². The topological polar surface area (TPSA) is 102 Å². The first-order chi connectivity index (χ1) is 16.3. The van der Waals surface area contributed by atoms with Crippen LogP contribution in [0.25, 0.3) is 0 Å². The number of hydrogen-bond donors (Lipinski definition) is 1. The molecule has 3 amide bonds. The molecule has 3 aromatic rings. The number of methoxy groups -OCH3 is 1. The van der Waals surface area contributed by atoms with Crippen molar-refractivity contribution in [3.05, 3.63) is 89.0 Å². The minimum absolute atomic E-state index is 0.0989. The lowest BCUT2D eigenvalue weighted by molar-refractivity contribution is -0.123. The van der Waals surface area contributed by atoms with Crippen LogP contribution in [0.1, 0.15) is 43.6 Å². The maximum absolute atomic E-state index is 12.7. The van der Waals surface area contributed by atoms with Crippen LogP contribution in [0.3, 0.4) is 0 Å². The number of benzene rings is 3. The predicted octanol–water partition coefficient (Wildman–Crippen LogP) is 3.99. The van der Waals surface area contributed by atoms with Gasteiger partial charge in [-0.25, -0.2) is 9.69 Å². The summed E-state index contributed by atoms with van der Waals surface area (Å²) < 4.78 is 10.6. The second kappa shape index (κ2) is 9.19. The smallest absolute Gasteiger partial charge is 0.338 e. The molecule has 0 saturated heterocycles. The first kappa shape index (κ1) is 22.7. The van der Waals surface area contributed by atoms with Crippen LogP contribution in [0.5, 0.6) is 5.75 Å². The van der Waals surface area contributed by atoms with Crippen molar-refractivity contribution < 1.29 is 28.7 Å². The Morgan fingerprint density at radius 3 is 2.24 bits per heavy atom. The molecule has 1 aliphatic heterocycles. The molecule has 3 aromatic carbocycles. The Bertz CT molecular complexity index is 1280. The number of hydrogen-bond acceptors (Lipinski definition) is 6. The molecule has 1 heterocycles. The maximum atomic E-state index is 12.7. The molecule has 0 aliphatic carbocycles. The van der Waals surface area contributed by atoms with Crippen molar-refractivity contribution in [1.82, 2.24) is 0 Å². The number of fused-ring (bicyclic) bond motifs is 1. The van der Waals surface area contributed by atoms with E-state index in [1.165, 1.54) is 32.2 Å². The molecule has 0 fully saturated rings. The van der Waals surface area contributed by atoms with Gasteiger partial charge in [-0.2, -0.15) is 0 Å². The zero-order chi connectivity index (χ0) is 24.4. The summed E-state index contributed by atoms with van der Waals surface area (Å²) >= 11 is 0. The molecular formula is C26H22N2O6. The van der Waals surface area contributed by atoms with Gasteiger partial charge in [0.25, 0.3) is 17.7 Å². The van der Waals surface area contributed by atoms with E-state index in [1.807, 2.05) is 13.0 Å². The van der Waals surface area contributed by atoms with Gasteiger partial charge in [0.1, 0.15) is 5.75 Å². The molecule has 0 aromatic heterocycles. The minimum atomic E-state index is -1.11. The molecule has 1 atom stereocenters. The third-order valence-corrected chi connectivity index (χ3v) is 5.40. The van der Waals surface area contributed by atoms with Crippen molar-refractivity contribution in [1.29, 1.82) is 0 Å². The summed E-state index contributed by atoms with van der Waals surface area (Å²) in [5, 5.41) is 2.70. The number of carbonyl (C=O) groups is 4. The summed E-state index contributed by atoms with van der Waals surface area (Å²) in [5.74, 6) is -1.76. The highest BCUT2D eigenvalue weighted by molar-refractivity contribution is 6.34. The highest BCUT2D eigenvalue weighted by atomic mass is 16.5. The molecule has 1 aliphatic rings. The van der Waals surface area contributed by atoms with Crippen molar-refractivity contribution in [2.24, 2.45) is 0 Å². The van der Waals surface area contributed by atoms with Gasteiger partial charge in [0.05, 0.1) is 35.2 Å². The number of anilines is 2. The predicted molar refractivity (Wildman–Crippen MR) is 125 cm³/mol. The number of carbonyl (C=O) groups excluding carboxylic acids is 4. The lowest BCUT2D eigenvalue weighted by Crippen LogP contribution is -2.31. The highest BCUT2D eigenvalue weighted by Gasteiger charge is 2.36. The summed E-state index contributed by atoms with van der Waals surface area (Å²) in [4.78, 5) is 51.8. The molecule has 8 nitrogen and oxygen atoms in total. The van der Waals surface area contributed by atoms with E-state index in [1.54, 1.807) is 42.5 Å². The van der Waals surface area contributed by atoms with Gasteiger partial charge >= 0.3 is 5.97 Å². The first-order valence-corrected chi connectivity index (χ1v) is 10.5. The van der Waals surface area contributed by atoms with Crippen LogP contribution in [0.4, 0.5) is 11.4 Å². The van der Waals surface area contributed by atoms with Crippen molar-refractivity contribution in [3.63, 3.8) is 0 Å². The Morgan fingerprint density at radius 1 is 0.912 bits per heavy atom. The quantitative estimate of drug-likeness (QED) is 0.443. The Morgan fingerprint density at radius 2 is 1.59 bits per heavy atom. The summed E-state index contributed by atoms with van der Waals surface area (Å²) in [6, 6.07) is 17.8. The van der Waals surface area contributed by atoms with Crippen molar-refractivity contribution in [3.8, 4) is 5.75 Å². The summed E-state index contributed by atoms with van der Waals surface area (Å²) in [6.45, 7) is 3.32. The van der Waals surface area contributed by atoms with E-state index in [0.717, 1.165) is 10.5 Å². The van der Waals surface area contributed by atoms with Crippen LogP contribution >= 0.6 is 0 Å². The largest absolute Gasteiger partial charge is 0.495 e. The van der Waals surface area contributed by atoms with Gasteiger partial charge in [-0.05, 0) is 61.9 Å². The Kier molecular flexibility index (Phi) is 6.14. The summed E-state index contributed by atoms with van der Waals surface area (Å²) in [7, 11) is 1.49. The van der Waals surface area contributed by atoms with Crippen LogP contribution in [-0.4, -0.2) is 36.9 Å². The molecule has 0 bridgehead atoms. The number of nitrogens with one attached hydrogen (secondary N) is 1. The monoisotopic (exact) mass is 458 g/mol. The lowest BCUT2D eigenvalue weighted by atomic mass is 10.1. The molecule has 8 heteroatoms. The average molecular weight is 458 g/mol. The molecule has 0 radical (unpaired) electrons. The van der Waals surface area contributed by atoms with Gasteiger partial charge in [0.2, 0.25) is 0 Å².